The van der Waals surface area contributed by atoms with Crippen LogP contribution in [0.5, 0.6) is 5.75 Å². The van der Waals surface area contributed by atoms with Gasteiger partial charge in [-0.25, -0.2) is 4.39 Å². The van der Waals surface area contributed by atoms with Crippen LogP contribution in [-0.4, -0.2) is 54.8 Å². The van der Waals surface area contributed by atoms with Crippen LogP contribution in [0.15, 0.2) is 54.9 Å². The Labute approximate surface area is 216 Å². The molecule has 2 aliphatic rings. The molecule has 2 aromatic heterocycles. The number of benzene rings is 2. The van der Waals surface area contributed by atoms with Crippen LogP contribution in [-0.2, 0) is 6.54 Å². The highest BCUT2D eigenvalue weighted by Gasteiger charge is 2.22. The second-order valence-corrected chi connectivity index (χ2v) is 10.3. The van der Waals surface area contributed by atoms with E-state index in [2.05, 4.69) is 52.9 Å². The first kappa shape index (κ1) is 23.5. The van der Waals surface area contributed by atoms with E-state index in [4.69, 9.17) is 9.72 Å². The van der Waals surface area contributed by atoms with Crippen molar-refractivity contribution >= 4 is 16.6 Å². The second kappa shape index (κ2) is 9.53. The first-order valence-corrected chi connectivity index (χ1v) is 12.9. The molecule has 0 bridgehead atoms. The minimum absolute atomic E-state index is 0.0375. The Hall–Kier alpha value is -3.89. The fourth-order valence-corrected chi connectivity index (χ4v) is 5.62. The van der Waals surface area contributed by atoms with E-state index in [1.807, 2.05) is 24.4 Å². The van der Waals surface area contributed by atoms with Crippen LogP contribution in [0.25, 0.3) is 33.3 Å². The van der Waals surface area contributed by atoms with E-state index >= 15 is 0 Å². The van der Waals surface area contributed by atoms with Gasteiger partial charge in [0.2, 0.25) is 0 Å². The summed E-state index contributed by atoms with van der Waals surface area (Å²) in [4.78, 5) is 9.51. The summed E-state index contributed by atoms with van der Waals surface area (Å²) < 4.78 is 23.1. The molecule has 0 amide bonds. The molecule has 0 aliphatic carbocycles. The first-order valence-electron chi connectivity index (χ1n) is 12.9. The molecule has 7 heteroatoms. The van der Waals surface area contributed by atoms with Gasteiger partial charge in [0.1, 0.15) is 24.2 Å². The lowest BCUT2D eigenvalue weighted by Gasteiger charge is -2.29. The minimum Gasteiger partial charge on any atom is -0.490 e. The van der Waals surface area contributed by atoms with E-state index in [1.165, 1.54) is 18.9 Å². The van der Waals surface area contributed by atoms with Gasteiger partial charge in [0.05, 0.1) is 35.2 Å². The molecular weight excluding hydrogens is 465 g/mol. The van der Waals surface area contributed by atoms with Crippen LogP contribution in [0.1, 0.15) is 18.4 Å². The number of piperidine rings is 1. The Balaban J connectivity index is 1.49. The molecule has 0 spiro atoms. The lowest BCUT2D eigenvalue weighted by molar-refractivity contribution is 0.206. The van der Waals surface area contributed by atoms with Crippen molar-refractivity contribution in [1.29, 1.82) is 5.26 Å². The molecular formula is C30H30FN5O. The van der Waals surface area contributed by atoms with Gasteiger partial charge >= 0.3 is 0 Å². The van der Waals surface area contributed by atoms with Crippen molar-refractivity contribution in [3.63, 3.8) is 0 Å². The minimum atomic E-state index is -0.524. The zero-order valence-electron chi connectivity index (χ0n) is 21.2. The highest BCUT2D eigenvalue weighted by atomic mass is 19.1. The van der Waals surface area contributed by atoms with Gasteiger partial charge in [-0.2, -0.15) is 5.26 Å². The standard InChI is InChI=1S/C30H30FN5O/c1-34-10-7-20(8-11-34)19-36-12-9-24-27(36)18-33-30(29(24)21-3-4-23(17-32)25(31)15-21)22-5-6-26-28(16-22)37-14-13-35(26)2/h3-6,9,12,15-16,18,20H,7-8,10-11,13-14,19H2,1-2H3. The summed E-state index contributed by atoms with van der Waals surface area (Å²) in [5, 5.41) is 10.3. The number of aromatic nitrogens is 2. The zero-order chi connectivity index (χ0) is 25.5. The molecule has 0 unspecified atom stereocenters. The quantitative estimate of drug-likeness (QED) is 0.372. The maximum atomic E-state index is 14.8. The Morgan fingerprint density at radius 3 is 2.65 bits per heavy atom. The van der Waals surface area contributed by atoms with E-state index in [9.17, 15) is 9.65 Å². The van der Waals surface area contributed by atoms with Gasteiger partial charge in [-0.05, 0) is 74.8 Å². The largest absolute Gasteiger partial charge is 0.490 e. The summed E-state index contributed by atoms with van der Waals surface area (Å²) >= 11 is 0. The van der Waals surface area contributed by atoms with Gasteiger partial charge in [-0.1, -0.05) is 12.1 Å². The highest BCUT2D eigenvalue weighted by molar-refractivity contribution is 6.02. The molecule has 188 valence electrons. The predicted octanol–water partition coefficient (Wildman–Crippen LogP) is 5.55. The Bertz CT molecular complexity index is 1510. The van der Waals surface area contributed by atoms with E-state index in [1.54, 1.807) is 6.07 Å². The summed E-state index contributed by atoms with van der Waals surface area (Å²) in [6, 6.07) is 15.0. The average Bonchev–Trinajstić information content (AvgIpc) is 3.32. The van der Waals surface area contributed by atoms with Crippen molar-refractivity contribution < 1.29 is 9.13 Å². The lowest BCUT2D eigenvalue weighted by Crippen LogP contribution is -2.31. The van der Waals surface area contributed by atoms with Crippen molar-refractivity contribution in [2.45, 2.75) is 19.4 Å². The van der Waals surface area contributed by atoms with E-state index in [0.717, 1.165) is 65.3 Å². The number of rotatable bonds is 4. The summed E-state index contributed by atoms with van der Waals surface area (Å²) in [5.74, 6) is 0.922. The van der Waals surface area contributed by atoms with E-state index in [0.29, 0.717) is 18.1 Å². The second-order valence-electron chi connectivity index (χ2n) is 10.3. The van der Waals surface area contributed by atoms with Crippen molar-refractivity contribution in [3.05, 3.63) is 66.2 Å². The molecule has 2 aliphatic heterocycles. The number of likely N-dealkylation sites (tertiary alicyclic amines) is 1. The molecule has 1 fully saturated rings. The van der Waals surface area contributed by atoms with Gasteiger partial charge in [-0.15, -0.1) is 0 Å². The summed E-state index contributed by atoms with van der Waals surface area (Å²) in [5.41, 5.74) is 5.38. The topological polar surface area (TPSA) is 57.3 Å². The number of nitrogens with zero attached hydrogens (tertiary/aromatic N) is 5. The Morgan fingerprint density at radius 2 is 1.86 bits per heavy atom. The number of hydrogen-bond acceptors (Lipinski definition) is 5. The van der Waals surface area contributed by atoms with Crippen molar-refractivity contribution in [2.75, 3.05) is 45.2 Å². The third-order valence-electron chi connectivity index (χ3n) is 7.83. The summed E-state index contributed by atoms with van der Waals surface area (Å²) in [6.07, 6.45) is 6.43. The molecule has 6 nitrogen and oxygen atoms in total. The van der Waals surface area contributed by atoms with Crippen LogP contribution in [0, 0.1) is 23.1 Å². The predicted molar refractivity (Wildman–Crippen MR) is 144 cm³/mol. The van der Waals surface area contributed by atoms with E-state index in [-0.39, 0.29) is 5.56 Å². The molecule has 0 atom stereocenters. The van der Waals surface area contributed by atoms with Crippen molar-refractivity contribution in [1.82, 2.24) is 14.5 Å². The first-order chi connectivity index (χ1) is 18.0. The number of pyridine rings is 1. The van der Waals surface area contributed by atoms with Crippen LogP contribution in [0.3, 0.4) is 0 Å². The number of likely N-dealkylation sites (N-methyl/N-ethyl adjacent to an activating group) is 1. The molecule has 2 aromatic carbocycles. The number of ether oxygens (including phenoxy) is 1. The summed E-state index contributed by atoms with van der Waals surface area (Å²) in [6.45, 7) is 4.66. The zero-order valence-corrected chi connectivity index (χ0v) is 21.2. The number of nitriles is 1. The van der Waals surface area contributed by atoms with Gasteiger partial charge in [-0.3, -0.25) is 4.98 Å². The molecule has 4 aromatic rings. The van der Waals surface area contributed by atoms with Crippen LogP contribution in [0.2, 0.25) is 0 Å². The smallest absolute Gasteiger partial charge is 0.143 e. The number of fused-ring (bicyclic) bond motifs is 2. The fourth-order valence-electron chi connectivity index (χ4n) is 5.62. The molecule has 0 N–H and O–H groups in total. The van der Waals surface area contributed by atoms with Gasteiger partial charge in [0.15, 0.2) is 0 Å². The van der Waals surface area contributed by atoms with Gasteiger partial charge < -0.3 is 19.1 Å². The highest BCUT2D eigenvalue weighted by Crippen LogP contribution is 2.41. The van der Waals surface area contributed by atoms with Gasteiger partial charge in [0, 0.05) is 36.3 Å². The van der Waals surface area contributed by atoms with E-state index < -0.39 is 5.82 Å². The molecule has 0 saturated carbocycles. The molecule has 6 rings (SSSR count). The van der Waals surface area contributed by atoms with Crippen LogP contribution < -0.4 is 9.64 Å². The number of halogens is 1. The monoisotopic (exact) mass is 495 g/mol. The normalized spacial score (nSPS) is 16.4. The molecule has 4 heterocycles. The van der Waals surface area contributed by atoms with Gasteiger partial charge in [0.25, 0.3) is 0 Å². The Kier molecular flexibility index (Phi) is 6.05. The Morgan fingerprint density at radius 1 is 1.05 bits per heavy atom. The SMILES string of the molecule is CN1CCC(Cn2ccc3c(-c4ccc(C#N)c(F)c4)c(-c4ccc5c(c4)OCCN5C)ncc32)CC1. The number of anilines is 1. The average molecular weight is 496 g/mol. The third-order valence-corrected chi connectivity index (χ3v) is 7.83. The fraction of sp³-hybridized carbons (Fsp3) is 0.333. The maximum absolute atomic E-state index is 14.8. The maximum Gasteiger partial charge on any atom is 0.143 e. The molecule has 37 heavy (non-hydrogen) atoms. The number of hydrogen-bond donors (Lipinski definition) is 0. The van der Waals surface area contributed by atoms with Crippen LogP contribution >= 0.6 is 0 Å². The molecule has 0 radical (unpaired) electrons. The lowest BCUT2D eigenvalue weighted by atomic mass is 9.94. The summed E-state index contributed by atoms with van der Waals surface area (Å²) in [7, 11) is 4.24. The van der Waals surface area contributed by atoms with Crippen molar-refractivity contribution in [2.24, 2.45) is 5.92 Å². The van der Waals surface area contributed by atoms with Crippen molar-refractivity contribution in [3.8, 4) is 34.2 Å². The van der Waals surface area contributed by atoms with Crippen LogP contribution in [0.4, 0.5) is 10.1 Å². The third kappa shape index (κ3) is 4.32. The molecule has 1 saturated heterocycles.